The fraction of sp³-hybridized carbons (Fsp3) is 0.545. The molecule has 1 rings (SSSR count). The Hall–Kier alpha value is -1.29. The molecule has 4 heteroatoms. The highest BCUT2D eigenvalue weighted by Gasteiger charge is 2.04. The van der Waals surface area contributed by atoms with E-state index in [1.54, 1.807) is 0 Å². The van der Waals surface area contributed by atoms with Crippen LogP contribution in [0, 0.1) is 0 Å². The van der Waals surface area contributed by atoms with Crippen LogP contribution in [0.1, 0.15) is 26.7 Å². The summed E-state index contributed by atoms with van der Waals surface area (Å²) < 4.78 is 0. The molecule has 0 spiro atoms. The first-order chi connectivity index (χ1) is 7.18. The molecular formula is C11H18N2O2. The van der Waals surface area contributed by atoms with Crippen molar-refractivity contribution in [3.63, 3.8) is 0 Å². The van der Waals surface area contributed by atoms with E-state index in [0.29, 0.717) is 6.54 Å². The highest BCUT2D eigenvalue weighted by molar-refractivity contribution is 5.67. The number of carbonyl (C=O) groups excluding carboxylic acids is 1. The van der Waals surface area contributed by atoms with Crippen molar-refractivity contribution in [3.8, 4) is 0 Å². The third-order valence-electron chi connectivity index (χ3n) is 1.90. The lowest BCUT2D eigenvalue weighted by Gasteiger charge is -2.11. The maximum absolute atomic E-state index is 11.1. The second kappa shape index (κ2) is 6.24. The van der Waals surface area contributed by atoms with Gasteiger partial charge in [0.25, 0.3) is 0 Å². The number of carbonyl (C=O) groups is 1. The van der Waals surface area contributed by atoms with Crippen LogP contribution in [-0.2, 0) is 4.84 Å². The molecule has 1 amide bonds. The summed E-state index contributed by atoms with van der Waals surface area (Å²) in [5.41, 5.74) is 3.71. The molecule has 0 radical (unpaired) electrons. The summed E-state index contributed by atoms with van der Waals surface area (Å²) in [4.78, 5) is 15.9. The minimum absolute atomic E-state index is 0.129. The predicted molar refractivity (Wildman–Crippen MR) is 59.2 cm³/mol. The number of hydrogen-bond acceptors (Lipinski definition) is 3. The van der Waals surface area contributed by atoms with E-state index < -0.39 is 6.09 Å². The van der Waals surface area contributed by atoms with Crippen LogP contribution in [0.25, 0.3) is 0 Å². The quantitative estimate of drug-likeness (QED) is 0.697. The normalized spacial score (nSPS) is 15.0. The van der Waals surface area contributed by atoms with Crippen LogP contribution < -0.4 is 10.8 Å². The van der Waals surface area contributed by atoms with Crippen molar-refractivity contribution in [2.24, 2.45) is 0 Å². The van der Waals surface area contributed by atoms with Crippen LogP contribution in [0.3, 0.4) is 0 Å². The summed E-state index contributed by atoms with van der Waals surface area (Å²) in [6.45, 7) is 4.33. The summed E-state index contributed by atoms with van der Waals surface area (Å²) in [5, 5.41) is 2.66. The van der Waals surface area contributed by atoms with Crippen molar-refractivity contribution in [3.05, 3.63) is 23.8 Å². The van der Waals surface area contributed by atoms with Gasteiger partial charge in [-0.05, 0) is 32.3 Å². The van der Waals surface area contributed by atoms with Gasteiger partial charge in [0, 0.05) is 12.6 Å². The van der Waals surface area contributed by atoms with Crippen molar-refractivity contribution in [2.45, 2.75) is 32.7 Å². The maximum atomic E-state index is 11.1. The first-order valence-electron chi connectivity index (χ1n) is 5.24. The van der Waals surface area contributed by atoms with E-state index >= 15 is 0 Å². The van der Waals surface area contributed by atoms with Gasteiger partial charge in [-0.1, -0.05) is 18.2 Å². The summed E-state index contributed by atoms with van der Waals surface area (Å²) in [6.07, 6.45) is 7.95. The van der Waals surface area contributed by atoms with Crippen molar-refractivity contribution in [1.82, 2.24) is 10.8 Å². The zero-order chi connectivity index (χ0) is 11.1. The maximum Gasteiger partial charge on any atom is 0.426 e. The van der Waals surface area contributed by atoms with Gasteiger partial charge in [0.2, 0.25) is 0 Å². The SMILES string of the molecule is CC(C)NOC(=O)NCC1=CCCC=C1. The van der Waals surface area contributed by atoms with Gasteiger partial charge >= 0.3 is 6.09 Å². The molecule has 0 atom stereocenters. The Morgan fingerprint density at radius 3 is 2.93 bits per heavy atom. The van der Waals surface area contributed by atoms with E-state index in [9.17, 15) is 4.79 Å². The standard InChI is InChI=1S/C11H18N2O2/c1-9(2)13-15-11(14)12-8-10-6-4-3-5-7-10/h4,6-7,9,13H,3,5,8H2,1-2H3,(H,12,14). The number of hydrogen-bond donors (Lipinski definition) is 2. The molecule has 0 aromatic carbocycles. The average molecular weight is 210 g/mol. The van der Waals surface area contributed by atoms with Gasteiger partial charge in [-0.3, -0.25) is 0 Å². The van der Waals surface area contributed by atoms with E-state index in [0.717, 1.165) is 18.4 Å². The highest BCUT2D eigenvalue weighted by atomic mass is 16.7. The molecule has 4 nitrogen and oxygen atoms in total. The fourth-order valence-corrected chi connectivity index (χ4v) is 1.18. The van der Waals surface area contributed by atoms with Gasteiger partial charge < -0.3 is 10.2 Å². The van der Waals surface area contributed by atoms with E-state index in [2.05, 4.69) is 22.9 Å². The minimum Gasteiger partial charge on any atom is -0.354 e. The molecule has 0 aliphatic heterocycles. The topological polar surface area (TPSA) is 50.4 Å². The predicted octanol–water partition coefficient (Wildman–Crippen LogP) is 1.90. The molecule has 0 aromatic rings. The van der Waals surface area contributed by atoms with Crippen molar-refractivity contribution < 1.29 is 9.63 Å². The van der Waals surface area contributed by atoms with Gasteiger partial charge in [-0.25, -0.2) is 4.79 Å². The molecular weight excluding hydrogens is 192 g/mol. The highest BCUT2D eigenvalue weighted by Crippen LogP contribution is 2.07. The largest absolute Gasteiger partial charge is 0.426 e. The number of allylic oxidation sites excluding steroid dienone is 2. The Morgan fingerprint density at radius 1 is 1.53 bits per heavy atom. The van der Waals surface area contributed by atoms with Gasteiger partial charge in [0.1, 0.15) is 0 Å². The van der Waals surface area contributed by atoms with Crippen LogP contribution in [0.4, 0.5) is 4.79 Å². The van der Waals surface area contributed by atoms with E-state index in [4.69, 9.17) is 4.84 Å². The van der Waals surface area contributed by atoms with Crippen LogP contribution in [-0.4, -0.2) is 18.7 Å². The van der Waals surface area contributed by atoms with Crippen LogP contribution >= 0.6 is 0 Å². The number of amides is 1. The summed E-state index contributed by atoms with van der Waals surface area (Å²) in [5.74, 6) is 0. The molecule has 0 heterocycles. The van der Waals surface area contributed by atoms with Gasteiger partial charge in [-0.2, -0.15) is 0 Å². The Labute approximate surface area is 90.3 Å². The van der Waals surface area contributed by atoms with E-state index in [-0.39, 0.29) is 6.04 Å². The molecule has 0 saturated heterocycles. The van der Waals surface area contributed by atoms with Crippen molar-refractivity contribution >= 4 is 6.09 Å². The third-order valence-corrected chi connectivity index (χ3v) is 1.90. The number of rotatable bonds is 4. The van der Waals surface area contributed by atoms with Crippen molar-refractivity contribution in [2.75, 3.05) is 6.54 Å². The summed E-state index contributed by atoms with van der Waals surface area (Å²) in [7, 11) is 0. The molecule has 15 heavy (non-hydrogen) atoms. The first-order valence-corrected chi connectivity index (χ1v) is 5.24. The average Bonchev–Trinajstić information content (AvgIpc) is 2.25. The Morgan fingerprint density at radius 2 is 2.33 bits per heavy atom. The smallest absolute Gasteiger partial charge is 0.354 e. The number of nitrogens with one attached hydrogen (secondary N) is 2. The third kappa shape index (κ3) is 5.22. The molecule has 1 aliphatic carbocycles. The minimum atomic E-state index is -0.441. The Balaban J connectivity index is 2.16. The molecule has 0 saturated carbocycles. The second-order valence-corrected chi connectivity index (χ2v) is 3.77. The van der Waals surface area contributed by atoms with E-state index in [1.165, 1.54) is 0 Å². The van der Waals surface area contributed by atoms with Gasteiger partial charge in [-0.15, -0.1) is 5.48 Å². The molecule has 0 fully saturated rings. The summed E-state index contributed by atoms with van der Waals surface area (Å²) >= 11 is 0. The lowest BCUT2D eigenvalue weighted by atomic mass is 10.1. The lowest BCUT2D eigenvalue weighted by Crippen LogP contribution is -2.34. The summed E-state index contributed by atoms with van der Waals surface area (Å²) in [6, 6.07) is 0.129. The molecule has 0 aromatic heterocycles. The molecule has 2 N–H and O–H groups in total. The fourth-order valence-electron chi connectivity index (χ4n) is 1.18. The zero-order valence-corrected chi connectivity index (χ0v) is 9.25. The molecule has 84 valence electrons. The van der Waals surface area contributed by atoms with Crippen LogP contribution in [0.2, 0.25) is 0 Å². The van der Waals surface area contributed by atoms with Gasteiger partial charge in [0.05, 0.1) is 0 Å². The Bertz CT molecular complexity index is 270. The monoisotopic (exact) mass is 210 g/mol. The number of hydroxylamine groups is 1. The van der Waals surface area contributed by atoms with Crippen LogP contribution in [0.15, 0.2) is 23.8 Å². The molecule has 1 aliphatic rings. The lowest BCUT2D eigenvalue weighted by molar-refractivity contribution is 0.0762. The Kier molecular flexibility index (Phi) is 4.90. The zero-order valence-electron chi connectivity index (χ0n) is 9.25. The first kappa shape index (κ1) is 11.8. The van der Waals surface area contributed by atoms with E-state index in [1.807, 2.05) is 19.9 Å². The van der Waals surface area contributed by atoms with Gasteiger partial charge in [0.15, 0.2) is 0 Å². The van der Waals surface area contributed by atoms with Crippen LogP contribution in [0.5, 0.6) is 0 Å². The van der Waals surface area contributed by atoms with Crippen molar-refractivity contribution in [1.29, 1.82) is 0 Å². The second-order valence-electron chi connectivity index (χ2n) is 3.77. The molecule has 0 unspecified atom stereocenters. The molecule has 0 bridgehead atoms.